The number of hydrogen-bond donors (Lipinski definition) is 2. The standard InChI is InChI=1S/C12H14N2O2S/c1-16-9-4-2-3-8(5-9)10-7-17-12(14-10)11(15)6-13/h2-5,7,11,15H,6,13H2,1H3. The fourth-order valence-corrected chi connectivity index (χ4v) is 2.28. The number of aliphatic hydroxyl groups is 1. The lowest BCUT2D eigenvalue weighted by atomic mass is 10.1. The smallest absolute Gasteiger partial charge is 0.123 e. The van der Waals surface area contributed by atoms with Gasteiger partial charge >= 0.3 is 0 Å². The van der Waals surface area contributed by atoms with E-state index >= 15 is 0 Å². The first-order valence-corrected chi connectivity index (χ1v) is 6.10. The summed E-state index contributed by atoms with van der Waals surface area (Å²) >= 11 is 1.41. The molecule has 1 aromatic carbocycles. The van der Waals surface area contributed by atoms with Crippen molar-refractivity contribution < 1.29 is 9.84 Å². The summed E-state index contributed by atoms with van der Waals surface area (Å²) in [6, 6.07) is 7.65. The normalized spacial score (nSPS) is 12.4. The van der Waals surface area contributed by atoms with Gasteiger partial charge in [-0.3, -0.25) is 0 Å². The number of thiazole rings is 1. The number of nitrogens with zero attached hydrogens (tertiary/aromatic N) is 1. The van der Waals surface area contributed by atoms with E-state index in [-0.39, 0.29) is 6.54 Å². The predicted octanol–water partition coefficient (Wildman–Crippen LogP) is 1.81. The van der Waals surface area contributed by atoms with E-state index in [1.54, 1.807) is 7.11 Å². The summed E-state index contributed by atoms with van der Waals surface area (Å²) in [7, 11) is 1.63. The summed E-state index contributed by atoms with van der Waals surface area (Å²) in [6.45, 7) is 0.186. The average molecular weight is 250 g/mol. The van der Waals surface area contributed by atoms with Gasteiger partial charge in [0.1, 0.15) is 16.9 Å². The van der Waals surface area contributed by atoms with E-state index in [2.05, 4.69) is 4.98 Å². The molecule has 2 rings (SSSR count). The number of rotatable bonds is 4. The summed E-state index contributed by atoms with van der Waals surface area (Å²) in [4.78, 5) is 4.36. The van der Waals surface area contributed by atoms with E-state index in [0.29, 0.717) is 5.01 Å². The Balaban J connectivity index is 2.30. The van der Waals surface area contributed by atoms with E-state index in [1.807, 2.05) is 29.6 Å². The molecule has 2 aromatic rings. The molecule has 1 heterocycles. The summed E-state index contributed by atoms with van der Waals surface area (Å²) in [5.41, 5.74) is 7.19. The molecule has 0 saturated carbocycles. The van der Waals surface area contributed by atoms with Crippen molar-refractivity contribution in [3.63, 3.8) is 0 Å². The molecule has 3 N–H and O–H groups in total. The molecule has 0 aliphatic rings. The van der Waals surface area contributed by atoms with Gasteiger partial charge in [0.15, 0.2) is 0 Å². The van der Waals surface area contributed by atoms with Crippen molar-refractivity contribution in [3.05, 3.63) is 34.7 Å². The van der Waals surface area contributed by atoms with Gasteiger partial charge in [0, 0.05) is 17.5 Å². The van der Waals surface area contributed by atoms with Crippen molar-refractivity contribution in [1.29, 1.82) is 0 Å². The monoisotopic (exact) mass is 250 g/mol. The number of aliphatic hydroxyl groups excluding tert-OH is 1. The van der Waals surface area contributed by atoms with E-state index < -0.39 is 6.10 Å². The van der Waals surface area contributed by atoms with Crippen LogP contribution in [-0.2, 0) is 0 Å². The first-order valence-electron chi connectivity index (χ1n) is 5.22. The Kier molecular flexibility index (Phi) is 3.73. The van der Waals surface area contributed by atoms with Crippen LogP contribution in [0.2, 0.25) is 0 Å². The van der Waals surface area contributed by atoms with Crippen LogP contribution in [0.15, 0.2) is 29.6 Å². The van der Waals surface area contributed by atoms with Gasteiger partial charge in [0.2, 0.25) is 0 Å². The first kappa shape index (κ1) is 12.0. The van der Waals surface area contributed by atoms with Crippen LogP contribution in [0.3, 0.4) is 0 Å². The molecule has 0 saturated heterocycles. The number of ether oxygens (including phenoxy) is 1. The third kappa shape index (κ3) is 2.63. The molecule has 0 radical (unpaired) electrons. The van der Waals surface area contributed by atoms with Crippen molar-refractivity contribution in [3.8, 4) is 17.0 Å². The molecule has 0 bridgehead atoms. The lowest BCUT2D eigenvalue weighted by molar-refractivity contribution is 0.186. The van der Waals surface area contributed by atoms with Crippen molar-refractivity contribution >= 4 is 11.3 Å². The second-order valence-corrected chi connectivity index (χ2v) is 4.44. The molecule has 0 aliphatic heterocycles. The minimum Gasteiger partial charge on any atom is -0.497 e. The molecule has 0 spiro atoms. The summed E-state index contributed by atoms with van der Waals surface area (Å²) in [6.07, 6.45) is -0.681. The first-order chi connectivity index (χ1) is 8.24. The van der Waals surface area contributed by atoms with Crippen LogP contribution in [0.4, 0.5) is 0 Å². The van der Waals surface area contributed by atoms with Crippen molar-refractivity contribution in [2.45, 2.75) is 6.10 Å². The maximum atomic E-state index is 9.59. The van der Waals surface area contributed by atoms with Gasteiger partial charge in [-0.1, -0.05) is 12.1 Å². The highest BCUT2D eigenvalue weighted by molar-refractivity contribution is 7.10. The number of aromatic nitrogens is 1. The maximum Gasteiger partial charge on any atom is 0.123 e. The molecule has 4 nitrogen and oxygen atoms in total. The molecule has 0 aliphatic carbocycles. The molecular weight excluding hydrogens is 236 g/mol. The predicted molar refractivity (Wildman–Crippen MR) is 68.1 cm³/mol. The second-order valence-electron chi connectivity index (χ2n) is 3.55. The van der Waals surface area contributed by atoms with Crippen molar-refractivity contribution in [2.75, 3.05) is 13.7 Å². The zero-order valence-electron chi connectivity index (χ0n) is 9.46. The highest BCUT2D eigenvalue weighted by Gasteiger charge is 2.11. The molecule has 0 amide bonds. The molecule has 1 atom stereocenters. The zero-order chi connectivity index (χ0) is 12.3. The van der Waals surface area contributed by atoms with Crippen LogP contribution in [0.25, 0.3) is 11.3 Å². The van der Waals surface area contributed by atoms with Gasteiger partial charge in [0.25, 0.3) is 0 Å². The number of methoxy groups -OCH3 is 1. The molecule has 0 fully saturated rings. The van der Waals surface area contributed by atoms with Crippen LogP contribution in [-0.4, -0.2) is 23.7 Å². The van der Waals surface area contributed by atoms with Crippen LogP contribution in [0, 0.1) is 0 Å². The Bertz CT molecular complexity index is 499. The molecule has 90 valence electrons. The Labute approximate surface area is 104 Å². The Hall–Kier alpha value is -1.43. The van der Waals surface area contributed by atoms with Crippen molar-refractivity contribution in [1.82, 2.24) is 4.98 Å². The molecule has 17 heavy (non-hydrogen) atoms. The Morgan fingerprint density at radius 3 is 3.06 bits per heavy atom. The van der Waals surface area contributed by atoms with Gasteiger partial charge in [-0.15, -0.1) is 11.3 Å². The van der Waals surface area contributed by atoms with E-state index in [0.717, 1.165) is 17.0 Å². The van der Waals surface area contributed by atoms with Crippen LogP contribution in [0.1, 0.15) is 11.1 Å². The lowest BCUT2D eigenvalue weighted by Crippen LogP contribution is -2.11. The second kappa shape index (κ2) is 5.27. The van der Waals surface area contributed by atoms with Gasteiger partial charge in [-0.25, -0.2) is 4.98 Å². The third-order valence-corrected chi connectivity index (χ3v) is 3.34. The lowest BCUT2D eigenvalue weighted by Gasteiger charge is -2.03. The topological polar surface area (TPSA) is 68.4 Å². The molecule has 1 unspecified atom stereocenters. The van der Waals surface area contributed by atoms with Gasteiger partial charge in [0.05, 0.1) is 12.8 Å². The zero-order valence-corrected chi connectivity index (χ0v) is 10.3. The highest BCUT2D eigenvalue weighted by atomic mass is 32.1. The average Bonchev–Trinajstić information content (AvgIpc) is 2.87. The minimum atomic E-state index is -0.681. The number of hydrogen-bond acceptors (Lipinski definition) is 5. The van der Waals surface area contributed by atoms with E-state index in [1.165, 1.54) is 11.3 Å². The number of nitrogens with two attached hydrogens (primary N) is 1. The Morgan fingerprint density at radius 2 is 2.35 bits per heavy atom. The SMILES string of the molecule is COc1cccc(-c2csc(C(O)CN)n2)c1. The summed E-state index contributed by atoms with van der Waals surface area (Å²) in [5, 5.41) is 12.1. The van der Waals surface area contributed by atoms with Gasteiger partial charge < -0.3 is 15.6 Å². The molecule has 5 heteroatoms. The van der Waals surface area contributed by atoms with Gasteiger partial charge in [-0.2, -0.15) is 0 Å². The fourth-order valence-electron chi connectivity index (χ4n) is 1.46. The van der Waals surface area contributed by atoms with Crippen LogP contribution >= 0.6 is 11.3 Å². The van der Waals surface area contributed by atoms with E-state index in [9.17, 15) is 5.11 Å². The molecule has 1 aromatic heterocycles. The van der Waals surface area contributed by atoms with Crippen LogP contribution in [0.5, 0.6) is 5.75 Å². The fraction of sp³-hybridized carbons (Fsp3) is 0.250. The number of benzene rings is 1. The van der Waals surface area contributed by atoms with Crippen LogP contribution < -0.4 is 10.5 Å². The van der Waals surface area contributed by atoms with Gasteiger partial charge in [-0.05, 0) is 12.1 Å². The summed E-state index contributed by atoms with van der Waals surface area (Å²) < 4.78 is 5.16. The van der Waals surface area contributed by atoms with E-state index in [4.69, 9.17) is 10.5 Å². The molecular formula is C12H14N2O2S. The maximum absolute atomic E-state index is 9.59. The Morgan fingerprint density at radius 1 is 1.53 bits per heavy atom. The minimum absolute atomic E-state index is 0.186. The summed E-state index contributed by atoms with van der Waals surface area (Å²) in [5.74, 6) is 0.788. The largest absolute Gasteiger partial charge is 0.497 e. The quantitative estimate of drug-likeness (QED) is 0.868. The third-order valence-electron chi connectivity index (χ3n) is 2.40. The highest BCUT2D eigenvalue weighted by Crippen LogP contribution is 2.27. The van der Waals surface area contributed by atoms with Crippen molar-refractivity contribution in [2.24, 2.45) is 5.73 Å².